The fourth-order valence-electron chi connectivity index (χ4n) is 1.98. The largest absolute Gasteiger partial charge is 0.329 e. The van der Waals surface area contributed by atoms with Gasteiger partial charge in [0.2, 0.25) is 0 Å². The van der Waals surface area contributed by atoms with E-state index in [9.17, 15) is 9.59 Å². The van der Waals surface area contributed by atoms with Crippen LogP contribution in [0.1, 0.15) is 5.56 Å². The number of aromatic nitrogens is 3. The van der Waals surface area contributed by atoms with Crippen LogP contribution >= 0.6 is 11.8 Å². The topological polar surface area (TPSA) is 78.6 Å². The van der Waals surface area contributed by atoms with Gasteiger partial charge in [-0.2, -0.15) is 0 Å². The molecule has 1 heterocycles. The van der Waals surface area contributed by atoms with E-state index < -0.39 is 11.1 Å². The van der Waals surface area contributed by atoms with Crippen molar-refractivity contribution in [3.8, 4) is 11.1 Å². The fraction of sp³-hybridized carbons (Fsp3) is 0.0625. The molecule has 0 radical (unpaired) electrons. The Balaban J connectivity index is 1.70. The zero-order valence-corrected chi connectivity index (χ0v) is 12.4. The average molecular weight is 311 g/mol. The van der Waals surface area contributed by atoms with E-state index in [2.05, 4.69) is 39.4 Å². The number of nitrogens with zero attached hydrogens (tertiary/aromatic N) is 1. The number of hydrogen-bond acceptors (Lipinski definition) is 4. The van der Waals surface area contributed by atoms with Gasteiger partial charge >= 0.3 is 11.1 Å². The van der Waals surface area contributed by atoms with Crippen LogP contribution in [0.25, 0.3) is 11.1 Å². The van der Waals surface area contributed by atoms with Crippen LogP contribution in [-0.4, -0.2) is 15.2 Å². The second-order valence-electron chi connectivity index (χ2n) is 4.66. The van der Waals surface area contributed by atoms with Crippen LogP contribution in [-0.2, 0) is 5.75 Å². The molecule has 110 valence electrons. The molecule has 0 aliphatic heterocycles. The van der Waals surface area contributed by atoms with Crippen LogP contribution in [0.3, 0.4) is 0 Å². The first-order valence-electron chi connectivity index (χ1n) is 6.68. The summed E-state index contributed by atoms with van der Waals surface area (Å²) in [6, 6.07) is 18.4. The molecule has 1 aromatic heterocycles. The van der Waals surface area contributed by atoms with Gasteiger partial charge in [-0.3, -0.25) is 14.6 Å². The predicted octanol–water partition coefficient (Wildman–Crippen LogP) is 2.42. The third-order valence-electron chi connectivity index (χ3n) is 3.12. The van der Waals surface area contributed by atoms with E-state index in [-0.39, 0.29) is 0 Å². The van der Waals surface area contributed by atoms with Crippen molar-refractivity contribution in [2.75, 3.05) is 0 Å². The summed E-state index contributed by atoms with van der Waals surface area (Å²) in [4.78, 5) is 24.6. The van der Waals surface area contributed by atoms with Crippen LogP contribution in [0.5, 0.6) is 0 Å². The van der Waals surface area contributed by atoms with Crippen molar-refractivity contribution in [1.82, 2.24) is 15.2 Å². The van der Waals surface area contributed by atoms with Crippen molar-refractivity contribution in [2.24, 2.45) is 0 Å². The van der Waals surface area contributed by atoms with E-state index in [1.807, 2.05) is 30.3 Å². The van der Waals surface area contributed by atoms with Crippen molar-refractivity contribution in [1.29, 1.82) is 0 Å². The summed E-state index contributed by atoms with van der Waals surface area (Å²) < 4.78 is 0. The monoisotopic (exact) mass is 311 g/mol. The second-order valence-corrected chi connectivity index (χ2v) is 5.63. The second kappa shape index (κ2) is 6.44. The zero-order valence-electron chi connectivity index (χ0n) is 11.6. The molecule has 0 atom stereocenters. The Morgan fingerprint density at radius 2 is 1.55 bits per heavy atom. The first-order chi connectivity index (χ1) is 10.7. The fourth-order valence-corrected chi connectivity index (χ4v) is 2.75. The molecule has 0 aliphatic rings. The predicted molar refractivity (Wildman–Crippen MR) is 86.9 cm³/mol. The molecule has 0 bridgehead atoms. The number of thioether (sulfide) groups is 1. The summed E-state index contributed by atoms with van der Waals surface area (Å²) in [5.74, 6) is 0.657. The van der Waals surface area contributed by atoms with Gasteiger partial charge in [-0.15, -0.1) is 5.10 Å². The maximum absolute atomic E-state index is 11.2. The zero-order chi connectivity index (χ0) is 15.4. The highest BCUT2D eigenvalue weighted by atomic mass is 32.2. The molecule has 2 aromatic carbocycles. The van der Waals surface area contributed by atoms with E-state index in [1.165, 1.54) is 17.3 Å². The van der Waals surface area contributed by atoms with E-state index in [0.717, 1.165) is 11.1 Å². The van der Waals surface area contributed by atoms with Gasteiger partial charge in [0.05, 0.1) is 0 Å². The van der Waals surface area contributed by atoms with Gasteiger partial charge in [0.15, 0.2) is 5.16 Å². The molecule has 5 nitrogen and oxygen atoms in total. The molecular weight excluding hydrogens is 298 g/mol. The van der Waals surface area contributed by atoms with Crippen molar-refractivity contribution < 1.29 is 0 Å². The van der Waals surface area contributed by atoms with Crippen LogP contribution < -0.4 is 11.1 Å². The van der Waals surface area contributed by atoms with Crippen LogP contribution in [0.15, 0.2) is 69.3 Å². The Hall–Kier alpha value is -2.60. The van der Waals surface area contributed by atoms with Crippen molar-refractivity contribution >= 4 is 11.8 Å². The van der Waals surface area contributed by atoms with Gasteiger partial charge < -0.3 is 0 Å². The molecule has 3 rings (SSSR count). The van der Waals surface area contributed by atoms with E-state index >= 15 is 0 Å². The average Bonchev–Trinajstić information content (AvgIpc) is 2.57. The molecule has 0 saturated heterocycles. The van der Waals surface area contributed by atoms with Gasteiger partial charge in [-0.05, 0) is 16.7 Å². The summed E-state index contributed by atoms with van der Waals surface area (Å²) in [7, 11) is 0. The smallest absolute Gasteiger partial charge is 0.295 e. The summed E-state index contributed by atoms with van der Waals surface area (Å²) in [6.45, 7) is 0. The van der Waals surface area contributed by atoms with E-state index in [0.29, 0.717) is 10.9 Å². The lowest BCUT2D eigenvalue weighted by atomic mass is 10.0. The van der Waals surface area contributed by atoms with E-state index in [4.69, 9.17) is 0 Å². The Bertz CT molecular complexity index is 870. The molecule has 0 fully saturated rings. The molecule has 3 aromatic rings. The Morgan fingerprint density at radius 3 is 2.23 bits per heavy atom. The molecule has 0 amide bonds. The summed E-state index contributed by atoms with van der Waals surface area (Å²) in [5.41, 5.74) is 2.02. The van der Waals surface area contributed by atoms with E-state index in [1.54, 1.807) is 0 Å². The van der Waals surface area contributed by atoms with Gasteiger partial charge in [-0.1, -0.05) is 66.4 Å². The molecule has 0 unspecified atom stereocenters. The summed E-state index contributed by atoms with van der Waals surface area (Å²) in [5, 5.41) is 6.35. The maximum Gasteiger partial charge on any atom is 0.329 e. The number of benzene rings is 2. The van der Waals surface area contributed by atoms with Crippen LogP contribution in [0, 0.1) is 0 Å². The molecule has 22 heavy (non-hydrogen) atoms. The minimum Gasteiger partial charge on any atom is -0.295 e. The standard InChI is InChI=1S/C16H13N3O2S/c20-14-15(21)18-19-16(17-14)22-10-11-6-8-13(9-7-11)12-4-2-1-3-5-12/h1-9H,10H2,(H,18,21)(H,17,19,20). The normalized spacial score (nSPS) is 10.5. The van der Waals surface area contributed by atoms with Gasteiger partial charge in [0.25, 0.3) is 0 Å². The van der Waals surface area contributed by atoms with Gasteiger partial charge in [0, 0.05) is 5.75 Å². The van der Waals surface area contributed by atoms with Gasteiger partial charge in [-0.25, -0.2) is 5.10 Å². The van der Waals surface area contributed by atoms with Crippen molar-refractivity contribution in [2.45, 2.75) is 10.9 Å². The number of nitrogens with one attached hydrogen (secondary N) is 2. The lowest BCUT2D eigenvalue weighted by molar-refractivity contribution is 0.790. The Morgan fingerprint density at radius 1 is 0.864 bits per heavy atom. The highest BCUT2D eigenvalue weighted by Gasteiger charge is 2.02. The Kier molecular flexibility index (Phi) is 4.20. The first-order valence-corrected chi connectivity index (χ1v) is 7.67. The molecular formula is C16H13N3O2S. The molecule has 0 aliphatic carbocycles. The maximum atomic E-state index is 11.2. The van der Waals surface area contributed by atoms with Crippen LogP contribution in [0.4, 0.5) is 0 Å². The SMILES string of the molecule is O=c1[nH]nc(SCc2ccc(-c3ccccc3)cc2)[nH]c1=O. The Labute approximate surface area is 130 Å². The minimum atomic E-state index is -0.739. The van der Waals surface area contributed by atoms with Crippen molar-refractivity contribution in [3.63, 3.8) is 0 Å². The van der Waals surface area contributed by atoms with Crippen molar-refractivity contribution in [3.05, 3.63) is 80.9 Å². The molecule has 0 saturated carbocycles. The molecule has 0 spiro atoms. The molecule has 2 N–H and O–H groups in total. The third kappa shape index (κ3) is 3.35. The third-order valence-corrected chi connectivity index (χ3v) is 4.07. The number of H-pyrrole nitrogens is 2. The highest BCUT2D eigenvalue weighted by molar-refractivity contribution is 7.98. The first kappa shape index (κ1) is 14.3. The lowest BCUT2D eigenvalue weighted by Gasteiger charge is -2.04. The number of aromatic amines is 2. The summed E-state index contributed by atoms with van der Waals surface area (Å²) >= 11 is 1.36. The number of rotatable bonds is 4. The molecule has 6 heteroatoms. The van der Waals surface area contributed by atoms with Crippen LogP contribution in [0.2, 0.25) is 0 Å². The summed E-state index contributed by atoms with van der Waals surface area (Å²) in [6.07, 6.45) is 0. The lowest BCUT2D eigenvalue weighted by Crippen LogP contribution is -2.30. The highest BCUT2D eigenvalue weighted by Crippen LogP contribution is 2.22. The minimum absolute atomic E-state index is 0.400. The number of hydrogen-bond donors (Lipinski definition) is 2. The quantitative estimate of drug-likeness (QED) is 0.573. The van der Waals surface area contributed by atoms with Gasteiger partial charge in [0.1, 0.15) is 0 Å².